The van der Waals surface area contributed by atoms with E-state index in [2.05, 4.69) is 5.32 Å². The van der Waals surface area contributed by atoms with Gasteiger partial charge in [-0.1, -0.05) is 30.3 Å². The van der Waals surface area contributed by atoms with Gasteiger partial charge in [-0.3, -0.25) is 9.59 Å². The van der Waals surface area contributed by atoms with Crippen LogP contribution in [0.4, 0.5) is 0 Å². The van der Waals surface area contributed by atoms with Crippen LogP contribution >= 0.6 is 0 Å². The average molecular weight is 318 g/mol. The van der Waals surface area contributed by atoms with E-state index in [9.17, 15) is 14.4 Å². The Kier molecular flexibility index (Phi) is 6.29. The molecule has 1 aromatic carbocycles. The van der Waals surface area contributed by atoms with Crippen molar-refractivity contribution in [3.05, 3.63) is 35.9 Å². The molecule has 124 valence electrons. The van der Waals surface area contributed by atoms with E-state index in [4.69, 9.17) is 10.5 Å². The summed E-state index contributed by atoms with van der Waals surface area (Å²) in [4.78, 5) is 35.3. The highest BCUT2D eigenvalue weighted by Gasteiger charge is 2.29. The number of nitrogens with two attached hydrogens (primary N) is 1. The summed E-state index contributed by atoms with van der Waals surface area (Å²) in [5, 5.41) is 3.00. The van der Waals surface area contributed by atoms with Crippen molar-refractivity contribution in [1.82, 2.24) is 5.32 Å². The Morgan fingerprint density at radius 1 is 1.26 bits per heavy atom. The monoisotopic (exact) mass is 318 g/mol. The fraction of sp³-hybridized carbons (Fsp3) is 0.471. The van der Waals surface area contributed by atoms with Gasteiger partial charge in [0.15, 0.2) is 0 Å². The van der Waals surface area contributed by atoms with Crippen LogP contribution < -0.4 is 11.1 Å². The molecule has 2 atom stereocenters. The number of carbonyl (C=O) groups is 3. The van der Waals surface area contributed by atoms with Crippen LogP contribution in [0.3, 0.4) is 0 Å². The summed E-state index contributed by atoms with van der Waals surface area (Å²) in [6.45, 7) is 0.753. The van der Waals surface area contributed by atoms with Crippen molar-refractivity contribution >= 4 is 17.8 Å². The lowest BCUT2D eigenvalue weighted by molar-refractivity contribution is -0.164. The Balaban J connectivity index is 1.97. The maximum atomic E-state index is 12.3. The Labute approximate surface area is 135 Å². The standard InChI is InChI=1S/C17H22N2O4/c18-15(20)9-8-13(11-12-5-2-1-3-6-12)16(21)23-17(22)14-7-4-10-19-14/h1-3,5-6,13-14,19H,4,7-11H2,(H2,18,20)/t13?,14-/m0/s1. The Morgan fingerprint density at radius 2 is 2.00 bits per heavy atom. The quantitative estimate of drug-likeness (QED) is 0.576. The van der Waals surface area contributed by atoms with E-state index in [1.807, 2.05) is 30.3 Å². The van der Waals surface area contributed by atoms with Gasteiger partial charge in [-0.2, -0.15) is 0 Å². The molecule has 0 aliphatic carbocycles. The van der Waals surface area contributed by atoms with Crippen LogP contribution in [0.5, 0.6) is 0 Å². The molecular weight excluding hydrogens is 296 g/mol. The van der Waals surface area contributed by atoms with Crippen molar-refractivity contribution < 1.29 is 19.1 Å². The molecule has 6 heteroatoms. The molecule has 3 N–H and O–H groups in total. The summed E-state index contributed by atoms with van der Waals surface area (Å²) in [5.41, 5.74) is 6.12. The molecule has 1 heterocycles. The van der Waals surface area contributed by atoms with E-state index >= 15 is 0 Å². The van der Waals surface area contributed by atoms with Gasteiger partial charge in [0.2, 0.25) is 5.91 Å². The van der Waals surface area contributed by atoms with Crippen LogP contribution in [0.2, 0.25) is 0 Å². The summed E-state index contributed by atoms with van der Waals surface area (Å²) in [6.07, 6.45) is 2.34. The maximum absolute atomic E-state index is 12.3. The minimum Gasteiger partial charge on any atom is -0.392 e. The average Bonchev–Trinajstić information content (AvgIpc) is 3.06. The molecule has 1 aliphatic heterocycles. The molecule has 0 saturated carbocycles. The molecule has 0 radical (unpaired) electrons. The zero-order valence-corrected chi connectivity index (χ0v) is 13.0. The lowest BCUT2D eigenvalue weighted by Gasteiger charge is -2.16. The first-order valence-electron chi connectivity index (χ1n) is 7.87. The van der Waals surface area contributed by atoms with Gasteiger partial charge in [0.05, 0.1) is 5.92 Å². The van der Waals surface area contributed by atoms with Gasteiger partial charge < -0.3 is 15.8 Å². The number of ether oxygens (including phenoxy) is 1. The molecule has 2 rings (SSSR count). The lowest BCUT2D eigenvalue weighted by atomic mass is 9.94. The van der Waals surface area contributed by atoms with Crippen LogP contribution in [0, 0.1) is 5.92 Å². The van der Waals surface area contributed by atoms with Crippen LogP contribution in [0.1, 0.15) is 31.2 Å². The van der Waals surface area contributed by atoms with Crippen molar-refractivity contribution in [2.75, 3.05) is 6.54 Å². The highest BCUT2D eigenvalue weighted by molar-refractivity contribution is 5.90. The Morgan fingerprint density at radius 3 is 2.61 bits per heavy atom. The summed E-state index contributed by atoms with van der Waals surface area (Å²) >= 11 is 0. The minimum atomic E-state index is -0.589. The molecule has 0 aromatic heterocycles. The lowest BCUT2D eigenvalue weighted by Crippen LogP contribution is -2.35. The van der Waals surface area contributed by atoms with Gasteiger partial charge in [0.25, 0.3) is 0 Å². The first-order chi connectivity index (χ1) is 11.1. The highest BCUT2D eigenvalue weighted by Crippen LogP contribution is 2.17. The van der Waals surface area contributed by atoms with Crippen molar-refractivity contribution in [2.24, 2.45) is 11.7 Å². The van der Waals surface area contributed by atoms with Gasteiger partial charge in [0, 0.05) is 6.42 Å². The van der Waals surface area contributed by atoms with E-state index in [-0.39, 0.29) is 12.8 Å². The largest absolute Gasteiger partial charge is 0.392 e. The van der Waals surface area contributed by atoms with E-state index in [1.165, 1.54) is 0 Å². The Bertz CT molecular complexity index is 553. The van der Waals surface area contributed by atoms with Crippen LogP contribution in [-0.2, 0) is 25.5 Å². The second-order valence-corrected chi connectivity index (χ2v) is 5.78. The third kappa shape index (κ3) is 5.49. The number of hydrogen-bond acceptors (Lipinski definition) is 5. The number of nitrogens with one attached hydrogen (secondary N) is 1. The SMILES string of the molecule is NC(=O)CCC(Cc1ccccc1)C(=O)OC(=O)[C@@H]1CCCN1. The molecular formula is C17H22N2O4. The van der Waals surface area contributed by atoms with Crippen molar-refractivity contribution in [3.8, 4) is 0 Å². The maximum Gasteiger partial charge on any atom is 0.330 e. The third-order valence-electron chi connectivity index (χ3n) is 3.94. The normalized spacial score (nSPS) is 18.3. The first-order valence-corrected chi connectivity index (χ1v) is 7.87. The second kappa shape index (κ2) is 8.43. The van der Waals surface area contributed by atoms with E-state index in [1.54, 1.807) is 0 Å². The van der Waals surface area contributed by atoms with Crippen LogP contribution in [0.25, 0.3) is 0 Å². The Hall–Kier alpha value is -2.21. The van der Waals surface area contributed by atoms with E-state index in [0.29, 0.717) is 12.8 Å². The molecule has 1 saturated heterocycles. The highest BCUT2D eigenvalue weighted by atomic mass is 16.6. The van der Waals surface area contributed by atoms with Gasteiger partial charge in [-0.15, -0.1) is 0 Å². The number of carbonyl (C=O) groups excluding carboxylic acids is 3. The minimum absolute atomic E-state index is 0.0858. The molecule has 23 heavy (non-hydrogen) atoms. The van der Waals surface area contributed by atoms with Gasteiger partial charge >= 0.3 is 11.9 Å². The predicted molar refractivity (Wildman–Crippen MR) is 84.2 cm³/mol. The predicted octanol–water partition coefficient (Wildman–Crippen LogP) is 0.933. The zero-order chi connectivity index (χ0) is 16.7. The number of amides is 1. The summed E-state index contributed by atoms with van der Waals surface area (Å²) in [6, 6.07) is 9.01. The van der Waals surface area contributed by atoms with Gasteiger partial charge in [-0.05, 0) is 37.8 Å². The smallest absolute Gasteiger partial charge is 0.330 e. The topological polar surface area (TPSA) is 98.5 Å². The van der Waals surface area contributed by atoms with Crippen LogP contribution in [-0.4, -0.2) is 30.4 Å². The fourth-order valence-corrected chi connectivity index (χ4v) is 2.66. The molecule has 1 amide bonds. The summed E-state index contributed by atoms with van der Waals surface area (Å²) < 4.78 is 5.01. The van der Waals surface area contributed by atoms with Gasteiger partial charge in [0.1, 0.15) is 6.04 Å². The summed E-state index contributed by atoms with van der Waals surface area (Å²) in [7, 11) is 0. The molecule has 6 nitrogen and oxygen atoms in total. The van der Waals surface area contributed by atoms with Gasteiger partial charge in [-0.25, -0.2) is 4.79 Å². The molecule has 1 fully saturated rings. The van der Waals surface area contributed by atoms with E-state index < -0.39 is 29.8 Å². The zero-order valence-electron chi connectivity index (χ0n) is 13.0. The third-order valence-corrected chi connectivity index (χ3v) is 3.94. The second-order valence-electron chi connectivity index (χ2n) is 5.78. The molecule has 0 bridgehead atoms. The summed E-state index contributed by atoms with van der Waals surface area (Å²) in [5.74, 6) is -2.16. The molecule has 1 aromatic rings. The number of primary amides is 1. The number of esters is 2. The van der Waals surface area contributed by atoms with Crippen molar-refractivity contribution in [3.63, 3.8) is 0 Å². The van der Waals surface area contributed by atoms with Crippen molar-refractivity contribution in [1.29, 1.82) is 0 Å². The number of hydrogen-bond donors (Lipinski definition) is 2. The molecule has 1 aliphatic rings. The van der Waals surface area contributed by atoms with Crippen molar-refractivity contribution in [2.45, 2.75) is 38.1 Å². The molecule has 1 unspecified atom stereocenters. The molecule has 0 spiro atoms. The van der Waals surface area contributed by atoms with Crippen LogP contribution in [0.15, 0.2) is 30.3 Å². The fourth-order valence-electron chi connectivity index (χ4n) is 2.66. The van der Waals surface area contributed by atoms with E-state index in [0.717, 1.165) is 18.5 Å². The number of rotatable bonds is 7. The number of benzene rings is 1. The first kappa shape index (κ1) is 17.1.